The Balaban J connectivity index is 1.37. The molecule has 5 aromatic rings. The lowest BCUT2D eigenvalue weighted by Gasteiger charge is -2.36. The molecule has 1 aliphatic rings. The van der Waals surface area contributed by atoms with Crippen LogP contribution in [0.15, 0.2) is 112 Å². The van der Waals surface area contributed by atoms with E-state index in [2.05, 4.69) is 69.7 Å². The smallest absolute Gasteiger partial charge is 0.280 e. The Labute approximate surface area is 259 Å². The lowest BCUT2D eigenvalue weighted by molar-refractivity contribution is -0.110. The van der Waals surface area contributed by atoms with Gasteiger partial charge in [0.15, 0.2) is 10.8 Å². The summed E-state index contributed by atoms with van der Waals surface area (Å²) in [6.45, 7) is 1.74. The van der Waals surface area contributed by atoms with Crippen molar-refractivity contribution in [3.8, 4) is 0 Å². The van der Waals surface area contributed by atoms with Gasteiger partial charge in [-0.15, -0.1) is 11.3 Å². The molecule has 218 valence electrons. The Bertz CT molecular complexity index is 1600. The lowest BCUT2D eigenvalue weighted by atomic mass is 9.77. The minimum absolute atomic E-state index is 0.0532. The van der Waals surface area contributed by atoms with Crippen LogP contribution in [0.25, 0.3) is 0 Å². The molecule has 0 unspecified atom stereocenters. The third-order valence-electron chi connectivity index (χ3n) is 7.46. The molecule has 0 aliphatic carbocycles. The van der Waals surface area contributed by atoms with Crippen molar-refractivity contribution in [2.45, 2.75) is 17.7 Å². The molecule has 1 saturated heterocycles. The van der Waals surface area contributed by atoms with Gasteiger partial charge in [0.25, 0.3) is 5.91 Å². The monoisotopic (exact) mass is 609 g/mol. The van der Waals surface area contributed by atoms with E-state index in [-0.39, 0.29) is 5.71 Å². The Morgan fingerprint density at radius 3 is 2.07 bits per heavy atom. The lowest BCUT2D eigenvalue weighted by Crippen LogP contribution is -2.38. The van der Waals surface area contributed by atoms with Gasteiger partial charge in [0.1, 0.15) is 24.0 Å². The number of carbonyl (C=O) groups is 1. The summed E-state index contributed by atoms with van der Waals surface area (Å²) in [5.41, 5.74) is 4.20. The molecular weight excluding hydrogens is 579 g/mol. The van der Waals surface area contributed by atoms with Crippen molar-refractivity contribution in [1.82, 2.24) is 4.98 Å². The van der Waals surface area contributed by atoms with Crippen LogP contribution in [0.5, 0.6) is 0 Å². The van der Waals surface area contributed by atoms with Crippen LogP contribution < -0.4 is 15.5 Å². The summed E-state index contributed by atoms with van der Waals surface area (Å²) in [6.07, 6.45) is 2.70. The van der Waals surface area contributed by atoms with Crippen LogP contribution in [0, 0.1) is 0 Å². The molecule has 3 heterocycles. The molecule has 3 aromatic carbocycles. The summed E-state index contributed by atoms with van der Waals surface area (Å²) in [5, 5.41) is 13.2. The van der Waals surface area contributed by atoms with Gasteiger partial charge in [-0.1, -0.05) is 96.2 Å². The summed E-state index contributed by atoms with van der Waals surface area (Å²) in [6, 6.07) is 30.8. The fraction of sp³-hybridized carbons (Fsp3) is 0.182. The first kappa shape index (κ1) is 28.6. The predicted octanol–water partition coefficient (Wildman–Crippen LogP) is 6.77. The van der Waals surface area contributed by atoms with Crippen LogP contribution in [-0.4, -0.2) is 36.8 Å². The SMILES string of the molecule is CON=C(C(=O)Nc1c(CS)coc1N1CCC1)c1csc(NC(c2ccccc2)(c2ccccc2)c2ccccc2)n1. The molecule has 0 radical (unpaired) electrons. The van der Waals surface area contributed by atoms with Crippen molar-refractivity contribution >= 4 is 52.3 Å². The molecule has 0 saturated carbocycles. The van der Waals surface area contributed by atoms with Crippen molar-refractivity contribution in [3.63, 3.8) is 0 Å². The molecule has 2 aromatic heterocycles. The highest BCUT2D eigenvalue weighted by molar-refractivity contribution is 7.79. The van der Waals surface area contributed by atoms with Gasteiger partial charge in [-0.05, 0) is 23.1 Å². The number of aromatic nitrogens is 1. The Kier molecular flexibility index (Phi) is 8.48. The molecule has 1 amide bonds. The number of hydrogen-bond donors (Lipinski definition) is 3. The van der Waals surface area contributed by atoms with Crippen molar-refractivity contribution in [3.05, 3.63) is 131 Å². The number of furan rings is 1. The van der Waals surface area contributed by atoms with Gasteiger partial charge in [-0.25, -0.2) is 4.98 Å². The molecule has 0 bridgehead atoms. The maximum absolute atomic E-state index is 13.6. The molecular formula is C33H31N5O3S2. The van der Waals surface area contributed by atoms with Crippen LogP contribution in [0.1, 0.15) is 34.4 Å². The number of amides is 1. The number of hydrogen-bond acceptors (Lipinski definition) is 9. The topological polar surface area (TPSA) is 92.0 Å². The van der Waals surface area contributed by atoms with E-state index in [9.17, 15) is 4.79 Å². The van der Waals surface area contributed by atoms with Crippen molar-refractivity contribution in [1.29, 1.82) is 0 Å². The van der Waals surface area contributed by atoms with Crippen LogP contribution in [0.3, 0.4) is 0 Å². The maximum atomic E-state index is 13.6. The second-order valence-corrected chi connectivity index (χ2v) is 11.2. The van der Waals surface area contributed by atoms with E-state index < -0.39 is 11.4 Å². The number of oxime groups is 1. The maximum Gasteiger partial charge on any atom is 0.280 e. The van der Waals surface area contributed by atoms with Gasteiger partial charge in [-0.3, -0.25) is 4.79 Å². The summed E-state index contributed by atoms with van der Waals surface area (Å²) >= 11 is 5.81. The summed E-state index contributed by atoms with van der Waals surface area (Å²) in [5.74, 6) is 0.583. The number of carbonyl (C=O) groups excluding carboxylic acids is 1. The third kappa shape index (κ3) is 5.63. The average molecular weight is 610 g/mol. The fourth-order valence-corrected chi connectivity index (χ4v) is 6.22. The second-order valence-electron chi connectivity index (χ2n) is 10.0. The second kappa shape index (κ2) is 12.8. The zero-order valence-corrected chi connectivity index (χ0v) is 25.3. The minimum Gasteiger partial charge on any atom is -0.446 e. The molecule has 10 heteroatoms. The van der Waals surface area contributed by atoms with E-state index >= 15 is 0 Å². The number of nitrogens with zero attached hydrogens (tertiary/aromatic N) is 3. The van der Waals surface area contributed by atoms with Crippen LogP contribution in [0.4, 0.5) is 16.7 Å². The number of thiol groups is 1. The van der Waals surface area contributed by atoms with Gasteiger partial charge in [-0.2, -0.15) is 12.6 Å². The highest BCUT2D eigenvalue weighted by atomic mass is 32.1. The molecule has 2 N–H and O–H groups in total. The zero-order valence-electron chi connectivity index (χ0n) is 23.6. The predicted molar refractivity (Wildman–Crippen MR) is 175 cm³/mol. The largest absolute Gasteiger partial charge is 0.446 e. The normalized spacial score (nSPS) is 13.3. The zero-order chi connectivity index (χ0) is 29.6. The quantitative estimate of drug-likeness (QED) is 0.0663. The highest BCUT2D eigenvalue weighted by Crippen LogP contribution is 2.41. The van der Waals surface area contributed by atoms with Crippen LogP contribution in [-0.2, 0) is 20.9 Å². The number of nitrogens with one attached hydrogen (secondary N) is 2. The van der Waals surface area contributed by atoms with E-state index in [1.165, 1.54) is 18.4 Å². The summed E-state index contributed by atoms with van der Waals surface area (Å²) < 4.78 is 5.79. The van der Waals surface area contributed by atoms with Crippen LogP contribution in [0.2, 0.25) is 0 Å². The summed E-state index contributed by atoms with van der Waals surface area (Å²) in [4.78, 5) is 25.7. The highest BCUT2D eigenvalue weighted by Gasteiger charge is 2.37. The molecule has 43 heavy (non-hydrogen) atoms. The number of benzene rings is 3. The third-order valence-corrected chi connectivity index (χ3v) is 8.56. The molecule has 8 nitrogen and oxygen atoms in total. The molecule has 1 fully saturated rings. The molecule has 1 aliphatic heterocycles. The average Bonchev–Trinajstić information content (AvgIpc) is 3.66. The molecule has 6 rings (SSSR count). The van der Waals surface area contributed by atoms with E-state index in [1.54, 1.807) is 11.6 Å². The fourth-order valence-electron chi connectivity index (χ4n) is 5.23. The van der Waals surface area contributed by atoms with Crippen molar-refractivity contribution in [2.24, 2.45) is 5.16 Å². The first-order valence-electron chi connectivity index (χ1n) is 13.9. The minimum atomic E-state index is -0.760. The van der Waals surface area contributed by atoms with Crippen molar-refractivity contribution < 1.29 is 14.0 Å². The first-order valence-corrected chi connectivity index (χ1v) is 15.4. The van der Waals surface area contributed by atoms with E-state index in [0.717, 1.165) is 41.8 Å². The Morgan fingerprint density at radius 1 is 1.00 bits per heavy atom. The number of rotatable bonds is 11. The Hall–Kier alpha value is -4.54. The van der Waals surface area contributed by atoms with Gasteiger partial charge in [0.05, 0.1) is 6.26 Å². The van der Waals surface area contributed by atoms with Gasteiger partial charge >= 0.3 is 0 Å². The number of thiazole rings is 1. The first-order chi connectivity index (χ1) is 21.1. The van der Waals surface area contributed by atoms with Gasteiger partial charge in [0, 0.05) is 29.8 Å². The number of anilines is 3. The van der Waals surface area contributed by atoms with E-state index in [1.807, 2.05) is 54.6 Å². The summed E-state index contributed by atoms with van der Waals surface area (Å²) in [7, 11) is 1.41. The van der Waals surface area contributed by atoms with Gasteiger partial charge in [0.2, 0.25) is 5.88 Å². The molecule has 0 atom stereocenters. The van der Waals surface area contributed by atoms with E-state index in [4.69, 9.17) is 14.2 Å². The van der Waals surface area contributed by atoms with Crippen LogP contribution >= 0.6 is 24.0 Å². The van der Waals surface area contributed by atoms with Gasteiger partial charge < -0.3 is 24.8 Å². The van der Waals surface area contributed by atoms with Crippen molar-refractivity contribution in [2.75, 3.05) is 35.7 Å². The van der Waals surface area contributed by atoms with E-state index in [0.29, 0.717) is 28.1 Å². The standard InChI is InChI=1S/C33H31N5O3S2/c1-40-37-29(30(39)35-28-23(21-42)20-41-31(28)38-18-11-19-38)27-22-43-32(34-27)36-33(24-12-5-2-6-13-24,25-14-7-3-8-15-25)26-16-9-4-10-17-26/h2-10,12-17,20,22,42H,11,18-19,21H2,1H3,(H,34,36)(H,35,39). The molecule has 0 spiro atoms. The Morgan fingerprint density at radius 2 is 1.58 bits per heavy atom.